The highest BCUT2D eigenvalue weighted by atomic mass is 16.7. The molecule has 3 fully saturated rings. The zero-order valence-corrected chi connectivity index (χ0v) is 17.8. The van der Waals surface area contributed by atoms with E-state index < -0.39 is 85.6 Å². The second kappa shape index (κ2) is 10.8. The average Bonchev–Trinajstić information content (AvgIpc) is 2.75. The minimum absolute atomic E-state index is 0.0875. The third kappa shape index (κ3) is 5.41. The first-order valence-corrected chi connectivity index (χ1v) is 10.6. The van der Waals surface area contributed by atoms with Crippen LogP contribution in [0.1, 0.15) is 13.8 Å². The summed E-state index contributed by atoms with van der Waals surface area (Å²) in [5.41, 5.74) is 0. The highest BCUT2D eigenvalue weighted by molar-refractivity contribution is 4.90. The number of aliphatic hydroxyl groups excluding tert-OH is 8. The largest absolute Gasteiger partial charge is 0.390 e. The van der Waals surface area contributed by atoms with Crippen LogP contribution in [0.3, 0.4) is 0 Å². The molecule has 3 aliphatic heterocycles. The second-order valence-electron chi connectivity index (χ2n) is 8.65. The van der Waals surface area contributed by atoms with Crippen LogP contribution in [0.4, 0.5) is 0 Å². The van der Waals surface area contributed by atoms with Gasteiger partial charge in [0.15, 0.2) is 18.9 Å². The van der Waals surface area contributed by atoms with Crippen molar-refractivity contribution in [2.24, 2.45) is 11.8 Å². The lowest BCUT2D eigenvalue weighted by molar-refractivity contribution is -0.318. The Bertz CT molecular complexity index is 596. The third-order valence-corrected chi connectivity index (χ3v) is 6.42. The molecular formula is C19H34O13. The number of hydrogen-bond donors (Lipinski definition) is 8. The summed E-state index contributed by atoms with van der Waals surface area (Å²) in [7, 11) is 0. The van der Waals surface area contributed by atoms with Gasteiger partial charge in [0.25, 0.3) is 0 Å². The first-order valence-electron chi connectivity index (χ1n) is 10.6. The third-order valence-electron chi connectivity index (χ3n) is 6.42. The lowest BCUT2D eigenvalue weighted by Crippen LogP contribution is -2.59. The van der Waals surface area contributed by atoms with Crippen molar-refractivity contribution in [3.63, 3.8) is 0 Å². The predicted octanol–water partition coefficient (Wildman–Crippen LogP) is -4.38. The summed E-state index contributed by atoms with van der Waals surface area (Å²) in [4.78, 5) is 0. The Hall–Kier alpha value is -0.520. The summed E-state index contributed by atoms with van der Waals surface area (Å²) < 4.78 is 27.0. The van der Waals surface area contributed by atoms with Gasteiger partial charge in [0.05, 0.1) is 44.2 Å². The van der Waals surface area contributed by atoms with Crippen LogP contribution in [0.15, 0.2) is 0 Å². The molecule has 3 heterocycles. The summed E-state index contributed by atoms with van der Waals surface area (Å²) in [6.45, 7) is 2.73. The molecule has 0 amide bonds. The molecule has 0 bridgehead atoms. The Morgan fingerprint density at radius 3 is 1.56 bits per heavy atom. The Morgan fingerprint density at radius 1 is 0.562 bits per heavy atom. The van der Waals surface area contributed by atoms with Crippen LogP contribution in [0, 0.1) is 11.8 Å². The van der Waals surface area contributed by atoms with E-state index in [1.807, 2.05) is 0 Å². The van der Waals surface area contributed by atoms with Gasteiger partial charge in [-0.05, 0) is 13.8 Å². The lowest BCUT2D eigenvalue weighted by atomic mass is 9.89. The smallest absolute Gasteiger partial charge is 0.186 e. The Balaban J connectivity index is 1.53. The molecular weight excluding hydrogens is 436 g/mol. The molecule has 13 heteroatoms. The number of hydrogen-bond acceptors (Lipinski definition) is 13. The molecule has 3 aliphatic rings. The topological polar surface area (TPSA) is 208 Å². The van der Waals surface area contributed by atoms with Gasteiger partial charge < -0.3 is 64.5 Å². The molecule has 188 valence electrons. The van der Waals surface area contributed by atoms with E-state index in [1.54, 1.807) is 13.8 Å². The fourth-order valence-corrected chi connectivity index (χ4v) is 4.12. The minimum Gasteiger partial charge on any atom is -0.390 e. The Kier molecular flexibility index (Phi) is 8.82. The normalized spacial score (nSPS) is 50.1. The van der Waals surface area contributed by atoms with Gasteiger partial charge in [0.1, 0.15) is 30.5 Å². The van der Waals surface area contributed by atoms with Crippen molar-refractivity contribution in [1.29, 1.82) is 0 Å². The van der Waals surface area contributed by atoms with E-state index in [2.05, 4.69) is 0 Å². The van der Waals surface area contributed by atoms with Gasteiger partial charge in [0, 0.05) is 11.8 Å². The fourth-order valence-electron chi connectivity index (χ4n) is 4.12. The average molecular weight is 470 g/mol. The van der Waals surface area contributed by atoms with Crippen LogP contribution >= 0.6 is 0 Å². The molecule has 0 aliphatic carbocycles. The fraction of sp³-hybridized carbons (Fsp3) is 1.00. The van der Waals surface area contributed by atoms with Crippen LogP contribution in [0.2, 0.25) is 0 Å². The van der Waals surface area contributed by atoms with E-state index in [0.717, 1.165) is 0 Å². The molecule has 3 saturated heterocycles. The van der Waals surface area contributed by atoms with Gasteiger partial charge in [-0.15, -0.1) is 0 Å². The summed E-state index contributed by atoms with van der Waals surface area (Å²) in [6.07, 6.45) is -15.4. The molecule has 3 rings (SSSR count). The van der Waals surface area contributed by atoms with E-state index in [-0.39, 0.29) is 19.8 Å². The van der Waals surface area contributed by atoms with Gasteiger partial charge in [-0.2, -0.15) is 0 Å². The molecule has 0 aromatic rings. The zero-order chi connectivity index (χ0) is 23.7. The quantitative estimate of drug-likeness (QED) is 0.185. The van der Waals surface area contributed by atoms with Gasteiger partial charge >= 0.3 is 0 Å². The highest BCUT2D eigenvalue weighted by Crippen LogP contribution is 2.30. The molecule has 0 aromatic heterocycles. The van der Waals surface area contributed by atoms with Crippen molar-refractivity contribution in [1.82, 2.24) is 0 Å². The number of aliphatic hydroxyl groups is 8. The molecule has 0 saturated carbocycles. The molecule has 14 atom stereocenters. The molecule has 0 spiro atoms. The standard InChI is InChI=1S/C19H34O13/c1-6(8-3-28-17(27)14(24)11(8)21)31-18-15(25)12(22)9(4-29-18)7(2)32-19-16(26)13(23)10(20)5-30-19/h6-27H,3-5H2,1-2H3/t6?,7?,8-,9-,10+,11?,12?,13?,14?,15?,16?,17+,18-,19-/m0/s1. The summed E-state index contributed by atoms with van der Waals surface area (Å²) in [6, 6.07) is 0. The van der Waals surface area contributed by atoms with E-state index in [1.165, 1.54) is 0 Å². The monoisotopic (exact) mass is 470 g/mol. The number of ether oxygens (including phenoxy) is 5. The van der Waals surface area contributed by atoms with E-state index in [4.69, 9.17) is 23.7 Å². The summed E-state index contributed by atoms with van der Waals surface area (Å²) >= 11 is 0. The minimum atomic E-state index is -1.51. The summed E-state index contributed by atoms with van der Waals surface area (Å²) in [5, 5.41) is 79.8. The van der Waals surface area contributed by atoms with Crippen LogP contribution in [0.25, 0.3) is 0 Å². The van der Waals surface area contributed by atoms with Crippen molar-refractivity contribution in [3.05, 3.63) is 0 Å². The van der Waals surface area contributed by atoms with E-state index in [9.17, 15) is 40.9 Å². The summed E-state index contributed by atoms with van der Waals surface area (Å²) in [5.74, 6) is -1.45. The highest BCUT2D eigenvalue weighted by Gasteiger charge is 2.47. The maximum atomic E-state index is 10.6. The van der Waals surface area contributed by atoms with Gasteiger partial charge in [0.2, 0.25) is 0 Å². The van der Waals surface area contributed by atoms with Gasteiger partial charge in [-0.1, -0.05) is 0 Å². The van der Waals surface area contributed by atoms with Crippen molar-refractivity contribution >= 4 is 0 Å². The van der Waals surface area contributed by atoms with Crippen molar-refractivity contribution in [2.45, 2.75) is 87.7 Å². The van der Waals surface area contributed by atoms with Crippen LogP contribution in [-0.4, -0.2) is 134 Å². The molecule has 0 radical (unpaired) electrons. The maximum absolute atomic E-state index is 10.6. The molecule has 8 unspecified atom stereocenters. The molecule has 0 aromatic carbocycles. The predicted molar refractivity (Wildman–Crippen MR) is 102 cm³/mol. The lowest BCUT2D eigenvalue weighted by Gasteiger charge is -2.44. The second-order valence-corrected chi connectivity index (χ2v) is 8.65. The van der Waals surface area contributed by atoms with Crippen molar-refractivity contribution in [3.8, 4) is 0 Å². The number of rotatable bonds is 6. The SMILES string of the molecule is CC(O[C@@H]1OC[C@@H](O)C(O)C1O)[C@@H]1CO[C@@H](OC(C)[C@@H]2CO[C@@H](O)C(O)C2O)C(O)C1O. The molecule has 8 N–H and O–H groups in total. The van der Waals surface area contributed by atoms with E-state index >= 15 is 0 Å². The first-order chi connectivity index (χ1) is 15.0. The van der Waals surface area contributed by atoms with Crippen LogP contribution in [0.5, 0.6) is 0 Å². The van der Waals surface area contributed by atoms with Crippen LogP contribution < -0.4 is 0 Å². The Labute approximate surface area is 184 Å². The zero-order valence-electron chi connectivity index (χ0n) is 17.8. The van der Waals surface area contributed by atoms with Gasteiger partial charge in [-0.25, -0.2) is 0 Å². The van der Waals surface area contributed by atoms with Crippen molar-refractivity contribution in [2.75, 3.05) is 19.8 Å². The molecule has 13 nitrogen and oxygen atoms in total. The maximum Gasteiger partial charge on any atom is 0.186 e. The first kappa shape index (κ1) is 26.1. The molecule has 32 heavy (non-hydrogen) atoms. The van der Waals surface area contributed by atoms with Crippen molar-refractivity contribution < 1.29 is 64.5 Å². The van der Waals surface area contributed by atoms with Crippen LogP contribution in [-0.2, 0) is 23.7 Å². The van der Waals surface area contributed by atoms with E-state index in [0.29, 0.717) is 0 Å². The Morgan fingerprint density at radius 2 is 1.00 bits per heavy atom. The van der Waals surface area contributed by atoms with Gasteiger partial charge in [-0.3, -0.25) is 0 Å².